The highest BCUT2D eigenvalue weighted by Crippen LogP contribution is 2.19. The Morgan fingerprint density at radius 3 is 2.90 bits per heavy atom. The quantitative estimate of drug-likeness (QED) is 0.918. The number of nitrogens with zero attached hydrogens (tertiary/aromatic N) is 2. The van der Waals surface area contributed by atoms with Gasteiger partial charge in [0.2, 0.25) is 0 Å². The summed E-state index contributed by atoms with van der Waals surface area (Å²) < 4.78 is 11.3. The molecule has 0 fully saturated rings. The Morgan fingerprint density at radius 1 is 1.45 bits per heavy atom. The van der Waals surface area contributed by atoms with Gasteiger partial charge in [0.05, 0.1) is 11.1 Å². The summed E-state index contributed by atoms with van der Waals surface area (Å²) in [6.45, 7) is 2.61. The van der Waals surface area contributed by atoms with Crippen LogP contribution < -0.4 is 5.32 Å². The number of hydrogen-bond donors (Lipinski definition) is 1. The van der Waals surface area contributed by atoms with E-state index in [1.807, 2.05) is 37.3 Å². The average Bonchev–Trinajstić information content (AvgIpc) is 2.46. The molecular formula is C15H17N3OS. The zero-order valence-corrected chi connectivity index (χ0v) is 12.4. The Balaban J connectivity index is 2.17. The molecule has 2 unspecified atom stereocenters. The molecule has 104 valence electrons. The molecule has 0 aliphatic rings. The Labute approximate surface area is 121 Å². The number of hydrogen-bond acceptors (Lipinski definition) is 4. The standard InChI is InChI=1S/C15H17N3OS/c1-11(20(2)19)7-8-17-15-13(10-16)9-12-5-3-4-6-14(12)18-15/h3-6,9,11H,7-8H2,1-2H3,(H,17,18). The molecule has 0 aliphatic heterocycles. The minimum Gasteiger partial charge on any atom is -0.369 e. The molecule has 1 heterocycles. The molecule has 1 N–H and O–H groups in total. The van der Waals surface area contributed by atoms with Gasteiger partial charge in [0.1, 0.15) is 11.9 Å². The topological polar surface area (TPSA) is 65.8 Å². The second kappa shape index (κ2) is 6.49. The fourth-order valence-corrected chi connectivity index (χ4v) is 2.35. The summed E-state index contributed by atoms with van der Waals surface area (Å²) in [6, 6.07) is 11.7. The van der Waals surface area contributed by atoms with Crippen molar-refractivity contribution in [3.05, 3.63) is 35.9 Å². The first-order valence-electron chi connectivity index (χ1n) is 6.48. The second-order valence-electron chi connectivity index (χ2n) is 4.71. The second-order valence-corrected chi connectivity index (χ2v) is 6.52. The van der Waals surface area contributed by atoms with Crippen LogP contribution in [0.5, 0.6) is 0 Å². The summed E-state index contributed by atoms with van der Waals surface area (Å²) >= 11 is 0. The van der Waals surface area contributed by atoms with E-state index < -0.39 is 10.8 Å². The van der Waals surface area contributed by atoms with E-state index in [-0.39, 0.29) is 5.25 Å². The molecular weight excluding hydrogens is 270 g/mol. The number of aromatic nitrogens is 1. The van der Waals surface area contributed by atoms with Crippen molar-refractivity contribution in [3.8, 4) is 6.07 Å². The maximum absolute atomic E-state index is 11.3. The van der Waals surface area contributed by atoms with E-state index in [0.717, 1.165) is 17.3 Å². The van der Waals surface area contributed by atoms with Crippen LogP contribution in [0.25, 0.3) is 10.9 Å². The van der Waals surface area contributed by atoms with Crippen LogP contribution in [-0.2, 0) is 10.8 Å². The normalized spacial score (nSPS) is 13.7. The molecule has 2 atom stereocenters. The predicted octanol–water partition coefficient (Wildman–Crippen LogP) is 2.68. The smallest absolute Gasteiger partial charge is 0.144 e. The van der Waals surface area contributed by atoms with Crippen LogP contribution in [0.3, 0.4) is 0 Å². The highest BCUT2D eigenvalue weighted by molar-refractivity contribution is 7.84. The molecule has 0 saturated carbocycles. The number of anilines is 1. The van der Waals surface area contributed by atoms with Gasteiger partial charge in [-0.05, 0) is 18.6 Å². The summed E-state index contributed by atoms with van der Waals surface area (Å²) in [7, 11) is -0.823. The summed E-state index contributed by atoms with van der Waals surface area (Å²) in [5, 5.41) is 13.5. The maximum Gasteiger partial charge on any atom is 0.144 e. The van der Waals surface area contributed by atoms with Gasteiger partial charge in [-0.1, -0.05) is 25.1 Å². The van der Waals surface area contributed by atoms with E-state index in [1.165, 1.54) is 0 Å². The van der Waals surface area contributed by atoms with Crippen LogP contribution in [0.4, 0.5) is 5.82 Å². The zero-order valence-electron chi connectivity index (χ0n) is 11.6. The third-order valence-corrected chi connectivity index (χ3v) is 4.62. The van der Waals surface area contributed by atoms with Crippen molar-refractivity contribution in [1.29, 1.82) is 5.26 Å². The van der Waals surface area contributed by atoms with Crippen LogP contribution in [0.15, 0.2) is 30.3 Å². The SMILES string of the molecule is CC(CCNc1nc2ccccc2cc1C#N)S(C)=O. The van der Waals surface area contributed by atoms with Gasteiger partial charge in [-0.2, -0.15) is 5.26 Å². The van der Waals surface area contributed by atoms with Crippen LogP contribution in [0.1, 0.15) is 18.9 Å². The van der Waals surface area contributed by atoms with Crippen LogP contribution in [-0.4, -0.2) is 27.2 Å². The van der Waals surface area contributed by atoms with E-state index >= 15 is 0 Å². The van der Waals surface area contributed by atoms with Gasteiger partial charge in [0.15, 0.2) is 0 Å². The van der Waals surface area contributed by atoms with Crippen molar-refractivity contribution >= 4 is 27.5 Å². The fraction of sp³-hybridized carbons (Fsp3) is 0.333. The number of para-hydroxylation sites is 1. The first-order chi connectivity index (χ1) is 9.61. The molecule has 2 rings (SSSR count). The van der Waals surface area contributed by atoms with Gasteiger partial charge in [-0.25, -0.2) is 4.98 Å². The highest BCUT2D eigenvalue weighted by Gasteiger charge is 2.08. The van der Waals surface area contributed by atoms with Crippen LogP contribution in [0, 0.1) is 11.3 Å². The number of benzene rings is 1. The molecule has 0 saturated heterocycles. The minimum atomic E-state index is -0.823. The monoisotopic (exact) mass is 287 g/mol. The number of fused-ring (bicyclic) bond motifs is 1. The first-order valence-corrected chi connectivity index (χ1v) is 8.10. The molecule has 1 aromatic heterocycles. The molecule has 0 bridgehead atoms. The fourth-order valence-electron chi connectivity index (χ4n) is 1.90. The van der Waals surface area contributed by atoms with Gasteiger partial charge in [-0.15, -0.1) is 0 Å². The van der Waals surface area contributed by atoms with Crippen molar-refractivity contribution in [2.24, 2.45) is 0 Å². The molecule has 20 heavy (non-hydrogen) atoms. The van der Waals surface area contributed by atoms with Crippen LogP contribution >= 0.6 is 0 Å². The Hall–Kier alpha value is -1.93. The lowest BCUT2D eigenvalue weighted by molar-refractivity contribution is 0.672. The van der Waals surface area contributed by atoms with Crippen molar-refractivity contribution < 1.29 is 4.21 Å². The molecule has 4 nitrogen and oxygen atoms in total. The van der Waals surface area contributed by atoms with Crippen molar-refractivity contribution in [2.75, 3.05) is 18.1 Å². The third kappa shape index (κ3) is 3.34. The first kappa shape index (κ1) is 14.5. The van der Waals surface area contributed by atoms with Crippen molar-refractivity contribution in [3.63, 3.8) is 0 Å². The number of nitriles is 1. The van der Waals surface area contributed by atoms with E-state index in [1.54, 1.807) is 6.26 Å². The van der Waals surface area contributed by atoms with Gasteiger partial charge in [0, 0.05) is 34.2 Å². The highest BCUT2D eigenvalue weighted by atomic mass is 32.2. The Kier molecular flexibility index (Phi) is 4.70. The molecule has 0 aliphatic carbocycles. The number of nitrogens with one attached hydrogen (secondary N) is 1. The lowest BCUT2D eigenvalue weighted by atomic mass is 10.1. The van der Waals surface area contributed by atoms with Gasteiger partial charge in [0.25, 0.3) is 0 Å². The largest absolute Gasteiger partial charge is 0.369 e. The van der Waals surface area contributed by atoms with E-state index in [4.69, 9.17) is 0 Å². The van der Waals surface area contributed by atoms with Crippen LogP contribution in [0.2, 0.25) is 0 Å². The zero-order chi connectivity index (χ0) is 14.5. The molecule has 1 aromatic carbocycles. The van der Waals surface area contributed by atoms with Gasteiger partial charge >= 0.3 is 0 Å². The van der Waals surface area contributed by atoms with E-state index in [0.29, 0.717) is 17.9 Å². The molecule has 0 amide bonds. The van der Waals surface area contributed by atoms with Gasteiger partial charge < -0.3 is 5.32 Å². The maximum atomic E-state index is 11.3. The third-order valence-electron chi connectivity index (χ3n) is 3.25. The number of rotatable bonds is 5. The molecule has 0 radical (unpaired) electrons. The molecule has 0 spiro atoms. The van der Waals surface area contributed by atoms with E-state index in [9.17, 15) is 9.47 Å². The minimum absolute atomic E-state index is 0.133. The summed E-state index contributed by atoms with van der Waals surface area (Å²) in [6.07, 6.45) is 2.49. The lowest BCUT2D eigenvalue weighted by Crippen LogP contribution is -2.15. The van der Waals surface area contributed by atoms with Gasteiger partial charge in [-0.3, -0.25) is 4.21 Å². The van der Waals surface area contributed by atoms with Crippen molar-refractivity contribution in [2.45, 2.75) is 18.6 Å². The van der Waals surface area contributed by atoms with Crippen molar-refractivity contribution in [1.82, 2.24) is 4.98 Å². The average molecular weight is 287 g/mol. The summed E-state index contributed by atoms with van der Waals surface area (Å²) in [4.78, 5) is 4.48. The Morgan fingerprint density at radius 2 is 2.20 bits per heavy atom. The predicted molar refractivity (Wildman–Crippen MR) is 83.1 cm³/mol. The molecule has 2 aromatic rings. The Bertz CT molecular complexity index is 678. The van der Waals surface area contributed by atoms with E-state index in [2.05, 4.69) is 16.4 Å². The summed E-state index contributed by atoms with van der Waals surface area (Å²) in [5.41, 5.74) is 1.40. The summed E-state index contributed by atoms with van der Waals surface area (Å²) in [5.74, 6) is 0.597. The lowest BCUT2D eigenvalue weighted by Gasteiger charge is -2.11. The molecule has 5 heteroatoms. The number of pyridine rings is 1.